The minimum atomic E-state index is -3.70. The van der Waals surface area contributed by atoms with Gasteiger partial charge in [-0.3, -0.25) is 0 Å². The number of nitrogens with zero attached hydrogens (tertiary/aromatic N) is 2. The van der Waals surface area contributed by atoms with Gasteiger partial charge < -0.3 is 0 Å². The molecule has 1 heterocycles. The summed E-state index contributed by atoms with van der Waals surface area (Å²) in [6.45, 7) is 1.81. The predicted octanol–water partition coefficient (Wildman–Crippen LogP) is 2.28. The Bertz CT molecular complexity index is 791. The van der Waals surface area contributed by atoms with Crippen molar-refractivity contribution in [3.8, 4) is 0 Å². The topological polar surface area (TPSA) is 72.0 Å². The van der Waals surface area contributed by atoms with Gasteiger partial charge >= 0.3 is 0 Å². The molecule has 1 N–H and O–H groups in total. The van der Waals surface area contributed by atoms with Crippen LogP contribution in [0.2, 0.25) is 0 Å². The van der Waals surface area contributed by atoms with E-state index in [1.54, 1.807) is 6.20 Å². The zero-order chi connectivity index (χ0) is 15.7. The summed E-state index contributed by atoms with van der Waals surface area (Å²) in [7, 11) is -3.70. The molecule has 1 aliphatic carbocycles. The Morgan fingerprint density at radius 3 is 2.73 bits per heavy atom. The van der Waals surface area contributed by atoms with Gasteiger partial charge in [0.25, 0.3) is 0 Å². The summed E-state index contributed by atoms with van der Waals surface area (Å²) in [5.41, 5.74) is 1.72. The van der Waals surface area contributed by atoms with Crippen molar-refractivity contribution < 1.29 is 12.8 Å². The van der Waals surface area contributed by atoms with Crippen LogP contribution in [0, 0.1) is 12.7 Å². The van der Waals surface area contributed by atoms with Gasteiger partial charge in [0.1, 0.15) is 11.6 Å². The highest BCUT2D eigenvalue weighted by Gasteiger charge is 2.27. The third kappa shape index (κ3) is 3.00. The second-order valence-electron chi connectivity index (χ2n) is 5.34. The van der Waals surface area contributed by atoms with Crippen molar-refractivity contribution in [1.29, 1.82) is 0 Å². The van der Waals surface area contributed by atoms with Crippen LogP contribution >= 0.6 is 0 Å². The lowest BCUT2D eigenvalue weighted by Crippen LogP contribution is -2.31. The molecule has 116 valence electrons. The van der Waals surface area contributed by atoms with Crippen LogP contribution in [-0.2, 0) is 16.4 Å². The van der Waals surface area contributed by atoms with Crippen molar-refractivity contribution in [3.63, 3.8) is 0 Å². The van der Waals surface area contributed by atoms with E-state index in [2.05, 4.69) is 14.7 Å². The summed E-state index contributed by atoms with van der Waals surface area (Å²) >= 11 is 0. The minimum Gasteiger partial charge on any atom is -0.241 e. The van der Waals surface area contributed by atoms with Crippen LogP contribution in [0.15, 0.2) is 35.4 Å². The normalized spacial score (nSPS) is 18.0. The molecule has 0 saturated heterocycles. The lowest BCUT2D eigenvalue weighted by atomic mass is 9.93. The zero-order valence-electron chi connectivity index (χ0n) is 12.1. The fourth-order valence-corrected chi connectivity index (χ4v) is 3.89. The standard InChI is InChI=1S/C15H16FN3O2S/c1-10-17-9-13-14(18-10)3-2-4-15(13)19-22(20,21)12-7-5-11(16)6-8-12/h5-9,15,19H,2-4H2,1H3. The highest BCUT2D eigenvalue weighted by atomic mass is 32.2. The first-order valence-corrected chi connectivity index (χ1v) is 8.54. The van der Waals surface area contributed by atoms with Crippen LogP contribution in [-0.4, -0.2) is 18.4 Å². The Kier molecular flexibility index (Phi) is 3.92. The lowest BCUT2D eigenvalue weighted by Gasteiger charge is -2.25. The van der Waals surface area contributed by atoms with Gasteiger partial charge in [-0.2, -0.15) is 0 Å². The van der Waals surface area contributed by atoms with Crippen LogP contribution in [0.5, 0.6) is 0 Å². The summed E-state index contributed by atoms with van der Waals surface area (Å²) in [6, 6.07) is 4.44. The molecular formula is C15H16FN3O2S. The van der Waals surface area contributed by atoms with Gasteiger partial charge in [0.05, 0.1) is 10.9 Å². The number of rotatable bonds is 3. The minimum absolute atomic E-state index is 0.0500. The Balaban J connectivity index is 1.89. The first kappa shape index (κ1) is 15.1. The molecule has 7 heteroatoms. The molecule has 1 aromatic carbocycles. The molecule has 22 heavy (non-hydrogen) atoms. The van der Waals surface area contributed by atoms with Crippen molar-refractivity contribution in [2.45, 2.75) is 37.1 Å². The fourth-order valence-electron chi connectivity index (χ4n) is 2.64. The van der Waals surface area contributed by atoms with E-state index >= 15 is 0 Å². The average molecular weight is 321 g/mol. The molecule has 3 rings (SSSR count). The average Bonchev–Trinajstić information content (AvgIpc) is 2.47. The van der Waals surface area contributed by atoms with E-state index in [0.717, 1.165) is 36.2 Å². The smallest absolute Gasteiger partial charge is 0.241 e. The molecule has 1 aliphatic rings. The molecular weight excluding hydrogens is 305 g/mol. The molecule has 0 aliphatic heterocycles. The van der Waals surface area contributed by atoms with Crippen molar-refractivity contribution in [3.05, 3.63) is 53.4 Å². The number of aryl methyl sites for hydroxylation is 2. The second-order valence-corrected chi connectivity index (χ2v) is 7.05. The Hall–Kier alpha value is -1.86. The largest absolute Gasteiger partial charge is 0.241 e. The maximum absolute atomic E-state index is 12.9. The summed E-state index contributed by atoms with van der Waals surface area (Å²) in [4.78, 5) is 8.59. The number of nitrogens with one attached hydrogen (secondary N) is 1. The highest BCUT2D eigenvalue weighted by Crippen LogP contribution is 2.29. The molecule has 5 nitrogen and oxygen atoms in total. The number of hydrogen-bond acceptors (Lipinski definition) is 4. The van der Waals surface area contributed by atoms with E-state index < -0.39 is 15.8 Å². The van der Waals surface area contributed by atoms with Crippen LogP contribution in [0.3, 0.4) is 0 Å². The second kappa shape index (κ2) is 5.73. The van der Waals surface area contributed by atoms with Gasteiger partial charge in [-0.1, -0.05) is 0 Å². The molecule has 0 spiro atoms. The van der Waals surface area contributed by atoms with Crippen molar-refractivity contribution in [1.82, 2.24) is 14.7 Å². The lowest BCUT2D eigenvalue weighted by molar-refractivity contribution is 0.499. The Labute approximate surface area is 128 Å². The SMILES string of the molecule is Cc1ncc2c(n1)CCCC2NS(=O)(=O)c1ccc(F)cc1. The summed E-state index contributed by atoms with van der Waals surface area (Å²) < 4.78 is 40.4. The molecule has 0 amide bonds. The summed E-state index contributed by atoms with van der Waals surface area (Å²) in [5, 5.41) is 0. The van der Waals surface area contributed by atoms with Gasteiger partial charge in [0, 0.05) is 17.5 Å². The fraction of sp³-hybridized carbons (Fsp3) is 0.333. The number of aromatic nitrogens is 2. The van der Waals surface area contributed by atoms with Gasteiger partial charge in [-0.25, -0.2) is 27.5 Å². The monoisotopic (exact) mass is 321 g/mol. The predicted molar refractivity (Wildman–Crippen MR) is 79.2 cm³/mol. The Morgan fingerprint density at radius 2 is 2.00 bits per heavy atom. The van der Waals surface area contributed by atoms with E-state index in [0.29, 0.717) is 12.2 Å². The van der Waals surface area contributed by atoms with Crippen molar-refractivity contribution in [2.24, 2.45) is 0 Å². The van der Waals surface area contributed by atoms with E-state index in [-0.39, 0.29) is 10.9 Å². The highest BCUT2D eigenvalue weighted by molar-refractivity contribution is 7.89. The summed E-state index contributed by atoms with van der Waals surface area (Å²) in [6.07, 6.45) is 4.07. The zero-order valence-corrected chi connectivity index (χ0v) is 12.9. The van der Waals surface area contributed by atoms with Crippen LogP contribution < -0.4 is 4.72 Å². The number of hydrogen-bond donors (Lipinski definition) is 1. The third-order valence-electron chi connectivity index (χ3n) is 3.72. The van der Waals surface area contributed by atoms with Gasteiger partial charge in [0.15, 0.2) is 0 Å². The maximum atomic E-state index is 12.9. The number of benzene rings is 1. The number of halogens is 1. The molecule has 1 aromatic heterocycles. The van der Waals surface area contributed by atoms with E-state index in [4.69, 9.17) is 0 Å². The summed E-state index contributed by atoms with van der Waals surface area (Å²) in [5.74, 6) is 0.214. The van der Waals surface area contributed by atoms with Crippen molar-refractivity contribution in [2.75, 3.05) is 0 Å². The number of sulfonamides is 1. The van der Waals surface area contributed by atoms with Crippen LogP contribution in [0.4, 0.5) is 4.39 Å². The maximum Gasteiger partial charge on any atom is 0.241 e. The molecule has 1 unspecified atom stereocenters. The molecule has 0 bridgehead atoms. The molecule has 1 atom stereocenters. The van der Waals surface area contributed by atoms with Crippen LogP contribution in [0.25, 0.3) is 0 Å². The third-order valence-corrected chi connectivity index (χ3v) is 5.21. The van der Waals surface area contributed by atoms with E-state index in [1.165, 1.54) is 12.1 Å². The Morgan fingerprint density at radius 1 is 1.27 bits per heavy atom. The number of fused-ring (bicyclic) bond motifs is 1. The molecule has 0 radical (unpaired) electrons. The van der Waals surface area contributed by atoms with Gasteiger partial charge in [-0.15, -0.1) is 0 Å². The first-order valence-electron chi connectivity index (χ1n) is 7.06. The first-order chi connectivity index (χ1) is 10.5. The van der Waals surface area contributed by atoms with E-state index in [9.17, 15) is 12.8 Å². The van der Waals surface area contributed by atoms with Crippen molar-refractivity contribution >= 4 is 10.0 Å². The van der Waals surface area contributed by atoms with Gasteiger partial charge in [-0.05, 0) is 50.5 Å². The quantitative estimate of drug-likeness (QED) is 0.941. The van der Waals surface area contributed by atoms with Crippen LogP contribution in [0.1, 0.15) is 36.0 Å². The molecule has 0 fully saturated rings. The molecule has 0 saturated carbocycles. The molecule has 2 aromatic rings. The van der Waals surface area contributed by atoms with E-state index in [1.807, 2.05) is 6.92 Å². The van der Waals surface area contributed by atoms with Gasteiger partial charge in [0.2, 0.25) is 10.0 Å².